The van der Waals surface area contributed by atoms with Crippen molar-refractivity contribution in [1.29, 1.82) is 0 Å². The standard InChI is InChI=1S/C38H58N2O9S/c1-28(33(42)47-9)23-31-17-13-18-32(24-31)38(8,20-14-19-37(6,7)27-50(45,46)22-21-41)34(43)39-40(35(44)49-36(3,4)5)25-29(2)48-26-30-15-11-10-12-16-30/h10-13,15-18,24,28-29,41H,14,19-23,25-27H2,1-9H3,(H,39,43)/t28-,29?,38-/m1/s1. The molecule has 2 rings (SSSR count). The summed E-state index contributed by atoms with van der Waals surface area (Å²) < 4.78 is 41.6. The van der Waals surface area contributed by atoms with E-state index in [1.807, 2.05) is 75.4 Å². The molecule has 2 aromatic rings. The van der Waals surface area contributed by atoms with Crippen LogP contribution in [0.25, 0.3) is 0 Å². The number of esters is 1. The van der Waals surface area contributed by atoms with Crippen LogP contribution < -0.4 is 5.43 Å². The molecule has 2 aromatic carbocycles. The lowest BCUT2D eigenvalue weighted by Gasteiger charge is -2.35. The Labute approximate surface area is 299 Å². The molecule has 0 radical (unpaired) electrons. The molecule has 0 heterocycles. The van der Waals surface area contributed by atoms with E-state index in [0.717, 1.165) is 16.1 Å². The van der Waals surface area contributed by atoms with E-state index in [1.165, 1.54) is 7.11 Å². The quantitative estimate of drug-likeness (QED) is 0.145. The van der Waals surface area contributed by atoms with Crippen molar-refractivity contribution in [2.45, 2.75) is 105 Å². The van der Waals surface area contributed by atoms with E-state index in [0.29, 0.717) is 37.9 Å². The van der Waals surface area contributed by atoms with Crippen molar-refractivity contribution >= 4 is 27.8 Å². The molecule has 0 aromatic heterocycles. The number of aliphatic hydroxyl groups excluding tert-OH is 1. The number of amides is 2. The maximum Gasteiger partial charge on any atom is 0.429 e. The highest BCUT2D eigenvalue weighted by atomic mass is 32.2. The molecule has 2 N–H and O–H groups in total. The van der Waals surface area contributed by atoms with Gasteiger partial charge in [0.05, 0.1) is 55.8 Å². The zero-order valence-electron chi connectivity index (χ0n) is 31.3. The van der Waals surface area contributed by atoms with E-state index in [9.17, 15) is 27.9 Å². The molecule has 50 heavy (non-hydrogen) atoms. The second-order valence-corrected chi connectivity index (χ2v) is 17.3. The molecule has 0 bridgehead atoms. The molecule has 12 heteroatoms. The Kier molecular flexibility index (Phi) is 15.9. The van der Waals surface area contributed by atoms with Crippen LogP contribution in [0.15, 0.2) is 54.6 Å². The van der Waals surface area contributed by atoms with Crippen LogP contribution in [0.4, 0.5) is 4.79 Å². The predicted molar refractivity (Wildman–Crippen MR) is 194 cm³/mol. The van der Waals surface area contributed by atoms with Crippen LogP contribution in [0, 0.1) is 11.3 Å². The Hall–Kier alpha value is -3.48. The van der Waals surface area contributed by atoms with Crippen molar-refractivity contribution in [3.8, 4) is 0 Å². The molecular weight excluding hydrogens is 660 g/mol. The van der Waals surface area contributed by atoms with E-state index in [4.69, 9.17) is 14.2 Å². The number of ether oxygens (including phenoxy) is 3. The average molecular weight is 719 g/mol. The summed E-state index contributed by atoms with van der Waals surface area (Å²) in [5, 5.41) is 10.4. The molecule has 280 valence electrons. The normalized spacial score (nSPS) is 14.6. The maximum absolute atomic E-state index is 14.5. The van der Waals surface area contributed by atoms with Gasteiger partial charge in [0, 0.05) is 0 Å². The first-order chi connectivity index (χ1) is 23.2. The second-order valence-electron chi connectivity index (χ2n) is 15.1. The number of methoxy groups -OCH3 is 1. The molecule has 0 saturated carbocycles. The van der Waals surface area contributed by atoms with Crippen LogP contribution in [-0.4, -0.2) is 80.0 Å². The van der Waals surface area contributed by atoms with Crippen LogP contribution >= 0.6 is 0 Å². The number of benzene rings is 2. The largest absolute Gasteiger partial charge is 0.469 e. The van der Waals surface area contributed by atoms with Crippen molar-refractivity contribution in [3.05, 3.63) is 71.3 Å². The van der Waals surface area contributed by atoms with Crippen LogP contribution in [0.5, 0.6) is 0 Å². The molecule has 0 spiro atoms. The minimum Gasteiger partial charge on any atom is -0.469 e. The number of carbonyl (C=O) groups excluding carboxylic acids is 3. The molecule has 2 amide bonds. The number of sulfone groups is 1. The first kappa shape index (κ1) is 42.7. The Bertz CT molecular complexity index is 1510. The zero-order chi connectivity index (χ0) is 37.8. The summed E-state index contributed by atoms with van der Waals surface area (Å²) in [7, 11) is -2.12. The molecule has 0 fully saturated rings. The molecule has 0 saturated heterocycles. The van der Waals surface area contributed by atoms with Gasteiger partial charge in [-0.3, -0.25) is 15.0 Å². The van der Waals surface area contributed by atoms with Gasteiger partial charge in [0.25, 0.3) is 0 Å². The molecule has 0 aliphatic carbocycles. The third-order valence-electron chi connectivity index (χ3n) is 8.42. The highest BCUT2D eigenvalue weighted by Crippen LogP contribution is 2.35. The van der Waals surface area contributed by atoms with Crippen molar-refractivity contribution in [2.75, 3.05) is 31.8 Å². The SMILES string of the molecule is COC(=O)[C@H](C)Cc1cccc([C@@](C)(CCCC(C)(C)CS(=O)(=O)CCO)C(=O)NN(CC(C)OCc2ccccc2)C(=O)OC(C)(C)C)c1. The summed E-state index contributed by atoms with van der Waals surface area (Å²) in [6, 6.07) is 17.1. The second kappa shape index (κ2) is 18.7. The zero-order valence-corrected chi connectivity index (χ0v) is 32.1. The van der Waals surface area contributed by atoms with Gasteiger partial charge in [-0.25, -0.2) is 18.2 Å². The van der Waals surface area contributed by atoms with Gasteiger partial charge < -0.3 is 19.3 Å². The highest BCUT2D eigenvalue weighted by Gasteiger charge is 2.39. The molecule has 1 unspecified atom stereocenters. The van der Waals surface area contributed by atoms with Crippen LogP contribution in [-0.2, 0) is 52.1 Å². The van der Waals surface area contributed by atoms with Gasteiger partial charge in [-0.05, 0) is 76.0 Å². The highest BCUT2D eigenvalue weighted by molar-refractivity contribution is 7.91. The van der Waals surface area contributed by atoms with Gasteiger partial charge in [0.1, 0.15) is 5.60 Å². The van der Waals surface area contributed by atoms with Crippen molar-refractivity contribution in [3.63, 3.8) is 0 Å². The first-order valence-electron chi connectivity index (χ1n) is 17.2. The van der Waals surface area contributed by atoms with E-state index < -0.39 is 56.9 Å². The number of hydrazine groups is 1. The summed E-state index contributed by atoms with van der Waals surface area (Å²) in [4.78, 5) is 40.1. The van der Waals surface area contributed by atoms with E-state index >= 15 is 0 Å². The lowest BCUT2D eigenvalue weighted by molar-refractivity contribution is -0.144. The van der Waals surface area contributed by atoms with Crippen LogP contribution in [0.2, 0.25) is 0 Å². The summed E-state index contributed by atoms with van der Waals surface area (Å²) in [6.45, 7) is 14.2. The van der Waals surface area contributed by atoms with Crippen molar-refractivity contribution in [1.82, 2.24) is 10.4 Å². The van der Waals surface area contributed by atoms with Gasteiger partial charge >= 0.3 is 12.1 Å². The molecule has 3 atom stereocenters. The number of hydrogen-bond acceptors (Lipinski definition) is 9. The smallest absolute Gasteiger partial charge is 0.429 e. The Morgan fingerprint density at radius 1 is 0.920 bits per heavy atom. The summed E-state index contributed by atoms with van der Waals surface area (Å²) in [6.07, 6.45) is 0.477. The van der Waals surface area contributed by atoms with E-state index in [2.05, 4.69) is 5.43 Å². The van der Waals surface area contributed by atoms with Gasteiger partial charge in [-0.2, -0.15) is 0 Å². The van der Waals surface area contributed by atoms with Gasteiger partial charge in [0.15, 0.2) is 9.84 Å². The maximum atomic E-state index is 14.5. The van der Waals surface area contributed by atoms with Gasteiger partial charge in [-0.1, -0.05) is 81.8 Å². The van der Waals surface area contributed by atoms with Gasteiger partial charge in [-0.15, -0.1) is 0 Å². The average Bonchev–Trinajstić information content (AvgIpc) is 3.01. The van der Waals surface area contributed by atoms with Crippen molar-refractivity contribution < 1.29 is 42.1 Å². The molecular formula is C38H58N2O9S. The summed E-state index contributed by atoms with van der Waals surface area (Å²) in [5.41, 5.74) is 2.69. The number of hydrogen-bond donors (Lipinski definition) is 2. The minimum absolute atomic E-state index is 0.00992. The van der Waals surface area contributed by atoms with E-state index in [1.54, 1.807) is 34.6 Å². The van der Waals surface area contributed by atoms with Gasteiger partial charge in [0.2, 0.25) is 5.91 Å². The van der Waals surface area contributed by atoms with Crippen molar-refractivity contribution in [2.24, 2.45) is 11.3 Å². The number of carbonyl (C=O) groups is 3. The summed E-state index contributed by atoms with van der Waals surface area (Å²) in [5.74, 6) is -1.61. The number of rotatable bonds is 18. The number of nitrogens with zero attached hydrogens (tertiary/aromatic N) is 1. The predicted octanol–water partition coefficient (Wildman–Crippen LogP) is 5.77. The lowest BCUT2D eigenvalue weighted by atomic mass is 9.75. The topological polar surface area (TPSA) is 149 Å². The fourth-order valence-corrected chi connectivity index (χ4v) is 7.48. The molecule has 0 aliphatic rings. The minimum atomic E-state index is -3.46. The molecule has 0 aliphatic heterocycles. The molecule has 11 nitrogen and oxygen atoms in total. The third kappa shape index (κ3) is 14.4. The fourth-order valence-electron chi connectivity index (χ4n) is 5.72. The first-order valence-corrected chi connectivity index (χ1v) is 19.0. The van der Waals surface area contributed by atoms with Crippen LogP contribution in [0.3, 0.4) is 0 Å². The Morgan fingerprint density at radius 3 is 2.16 bits per heavy atom. The number of nitrogens with one attached hydrogen (secondary N) is 1. The Balaban J connectivity index is 2.43. The number of aliphatic hydroxyl groups is 1. The fraction of sp³-hybridized carbons (Fsp3) is 0.605. The Morgan fingerprint density at radius 2 is 1.56 bits per heavy atom. The third-order valence-corrected chi connectivity index (χ3v) is 10.4. The monoisotopic (exact) mass is 718 g/mol. The summed E-state index contributed by atoms with van der Waals surface area (Å²) >= 11 is 0. The van der Waals surface area contributed by atoms with E-state index in [-0.39, 0.29) is 24.0 Å². The van der Waals surface area contributed by atoms with Crippen LogP contribution in [0.1, 0.15) is 91.3 Å². The lowest BCUT2D eigenvalue weighted by Crippen LogP contribution is -2.55.